The lowest BCUT2D eigenvalue weighted by molar-refractivity contribution is 0.315. The summed E-state index contributed by atoms with van der Waals surface area (Å²) >= 11 is 3.35. The Bertz CT molecular complexity index is 616. The number of anilines is 1. The number of benzene rings is 1. The average Bonchev–Trinajstić information content (AvgIpc) is 2.68. The lowest BCUT2D eigenvalue weighted by Gasteiger charge is -2.29. The molecule has 1 aromatic rings. The molecule has 1 aliphatic rings. The third-order valence-electron chi connectivity index (χ3n) is 4.25. The molecule has 0 aromatic heterocycles. The number of nitrogens with two attached hydrogens (primary N) is 1. The summed E-state index contributed by atoms with van der Waals surface area (Å²) in [6.07, 6.45) is 4.92. The second-order valence-corrected chi connectivity index (χ2v) is 8.42. The summed E-state index contributed by atoms with van der Waals surface area (Å²) < 4.78 is 28.6. The highest BCUT2D eigenvalue weighted by Crippen LogP contribution is 2.32. The van der Waals surface area contributed by atoms with Crippen molar-refractivity contribution in [3.63, 3.8) is 0 Å². The number of hydrogen-bond donors (Lipinski definition) is 1. The Labute approximate surface area is 135 Å². The van der Waals surface area contributed by atoms with Gasteiger partial charge in [-0.3, -0.25) is 0 Å². The van der Waals surface area contributed by atoms with Crippen molar-refractivity contribution in [2.24, 2.45) is 0 Å². The van der Waals surface area contributed by atoms with Gasteiger partial charge in [-0.1, -0.05) is 35.7 Å². The van der Waals surface area contributed by atoms with Crippen LogP contribution in [0, 0.1) is 6.92 Å². The van der Waals surface area contributed by atoms with Crippen LogP contribution in [0.1, 0.15) is 44.6 Å². The van der Waals surface area contributed by atoms with Gasteiger partial charge in [0.05, 0.1) is 4.90 Å². The number of halogens is 1. The quantitative estimate of drug-likeness (QED) is 0.820. The van der Waals surface area contributed by atoms with Crippen LogP contribution in [0.3, 0.4) is 0 Å². The fourth-order valence-corrected chi connectivity index (χ4v) is 5.62. The van der Waals surface area contributed by atoms with Crippen molar-refractivity contribution in [1.29, 1.82) is 0 Å². The van der Waals surface area contributed by atoms with Crippen LogP contribution in [0.15, 0.2) is 21.5 Å². The van der Waals surface area contributed by atoms with Crippen LogP contribution >= 0.6 is 15.9 Å². The van der Waals surface area contributed by atoms with Crippen LogP contribution in [-0.4, -0.2) is 25.3 Å². The van der Waals surface area contributed by atoms with Crippen molar-refractivity contribution in [2.45, 2.75) is 56.9 Å². The lowest BCUT2D eigenvalue weighted by atomic mass is 10.1. The molecule has 0 saturated carbocycles. The maximum absolute atomic E-state index is 13.1. The van der Waals surface area contributed by atoms with Crippen molar-refractivity contribution in [1.82, 2.24) is 4.31 Å². The SMILES string of the molecule is CCC1CCCCCN1S(=O)(=O)c1cc(Br)cc(N)c1C. The predicted molar refractivity (Wildman–Crippen MR) is 89.7 cm³/mol. The van der Waals surface area contributed by atoms with E-state index >= 15 is 0 Å². The van der Waals surface area contributed by atoms with E-state index in [1.54, 1.807) is 23.4 Å². The van der Waals surface area contributed by atoms with Crippen molar-refractivity contribution in [3.05, 3.63) is 22.2 Å². The van der Waals surface area contributed by atoms with Crippen molar-refractivity contribution >= 4 is 31.6 Å². The summed E-state index contributed by atoms with van der Waals surface area (Å²) in [5, 5.41) is 0. The van der Waals surface area contributed by atoms with E-state index in [9.17, 15) is 8.42 Å². The van der Waals surface area contributed by atoms with Crippen LogP contribution < -0.4 is 5.73 Å². The van der Waals surface area contributed by atoms with Gasteiger partial charge in [-0.25, -0.2) is 8.42 Å². The molecule has 1 aliphatic heterocycles. The molecule has 118 valence electrons. The molecule has 1 unspecified atom stereocenters. The Kier molecular flexibility index (Phi) is 5.33. The summed E-state index contributed by atoms with van der Waals surface area (Å²) in [7, 11) is -3.50. The first-order valence-corrected chi connectivity index (χ1v) is 9.68. The summed E-state index contributed by atoms with van der Waals surface area (Å²) in [5.41, 5.74) is 7.07. The first kappa shape index (κ1) is 16.8. The van der Waals surface area contributed by atoms with Gasteiger partial charge in [-0.05, 0) is 43.9 Å². The molecule has 0 bridgehead atoms. The zero-order chi connectivity index (χ0) is 15.6. The second-order valence-electron chi connectivity index (χ2n) is 5.65. The Hall–Kier alpha value is -0.590. The topological polar surface area (TPSA) is 63.4 Å². The maximum Gasteiger partial charge on any atom is 0.243 e. The molecular formula is C15H23BrN2O2S. The van der Waals surface area contributed by atoms with Gasteiger partial charge < -0.3 is 5.73 Å². The molecule has 2 N–H and O–H groups in total. The van der Waals surface area contributed by atoms with Crippen LogP contribution in [0.4, 0.5) is 5.69 Å². The Morgan fingerprint density at radius 3 is 2.71 bits per heavy atom. The fourth-order valence-electron chi connectivity index (χ4n) is 2.94. The summed E-state index contributed by atoms with van der Waals surface area (Å²) in [4.78, 5) is 0.328. The average molecular weight is 375 g/mol. The molecule has 1 aromatic carbocycles. The van der Waals surface area contributed by atoms with Crippen molar-refractivity contribution < 1.29 is 8.42 Å². The molecule has 0 amide bonds. The zero-order valence-electron chi connectivity index (χ0n) is 12.6. The van der Waals surface area contributed by atoms with E-state index < -0.39 is 10.0 Å². The van der Waals surface area contributed by atoms with Crippen LogP contribution in [0.25, 0.3) is 0 Å². The minimum absolute atomic E-state index is 0.0945. The highest BCUT2D eigenvalue weighted by molar-refractivity contribution is 9.10. The van der Waals surface area contributed by atoms with E-state index in [0.29, 0.717) is 27.2 Å². The second kappa shape index (κ2) is 6.67. The minimum atomic E-state index is -3.50. The number of sulfonamides is 1. The Balaban J connectivity index is 2.50. The van der Waals surface area contributed by atoms with Gasteiger partial charge in [0.15, 0.2) is 0 Å². The molecule has 1 saturated heterocycles. The maximum atomic E-state index is 13.1. The van der Waals surface area contributed by atoms with Crippen LogP contribution in [0.2, 0.25) is 0 Å². The first-order valence-electron chi connectivity index (χ1n) is 7.45. The van der Waals surface area contributed by atoms with Gasteiger partial charge in [0.2, 0.25) is 10.0 Å². The van der Waals surface area contributed by atoms with Crippen LogP contribution in [-0.2, 0) is 10.0 Å². The van der Waals surface area contributed by atoms with Gasteiger partial charge in [0.25, 0.3) is 0 Å². The first-order chi connectivity index (χ1) is 9.87. The highest BCUT2D eigenvalue weighted by Gasteiger charge is 2.32. The van der Waals surface area contributed by atoms with Crippen LogP contribution in [0.5, 0.6) is 0 Å². The Morgan fingerprint density at radius 2 is 2.05 bits per heavy atom. The zero-order valence-corrected chi connectivity index (χ0v) is 15.0. The van der Waals surface area contributed by atoms with Gasteiger partial charge >= 0.3 is 0 Å². The third kappa shape index (κ3) is 3.43. The lowest BCUT2D eigenvalue weighted by Crippen LogP contribution is -2.39. The molecule has 0 aliphatic carbocycles. The van der Waals surface area contributed by atoms with E-state index in [-0.39, 0.29) is 6.04 Å². The number of nitrogens with zero attached hydrogens (tertiary/aromatic N) is 1. The monoisotopic (exact) mass is 374 g/mol. The van der Waals surface area contributed by atoms with Gasteiger partial charge in [0.1, 0.15) is 0 Å². The molecule has 1 fully saturated rings. The molecule has 0 spiro atoms. The van der Waals surface area contributed by atoms with E-state index in [2.05, 4.69) is 22.9 Å². The number of rotatable bonds is 3. The smallest absolute Gasteiger partial charge is 0.243 e. The van der Waals surface area contributed by atoms with Gasteiger partial charge in [-0.15, -0.1) is 0 Å². The number of nitrogen functional groups attached to an aromatic ring is 1. The molecule has 4 nitrogen and oxygen atoms in total. The van der Waals surface area contributed by atoms with E-state index in [0.717, 1.165) is 32.1 Å². The van der Waals surface area contributed by atoms with Gasteiger partial charge in [0, 0.05) is 22.7 Å². The molecule has 6 heteroatoms. The summed E-state index contributed by atoms with van der Waals surface area (Å²) in [5.74, 6) is 0. The molecule has 1 atom stereocenters. The molecular weight excluding hydrogens is 352 g/mol. The summed E-state index contributed by atoms with van der Waals surface area (Å²) in [6, 6.07) is 3.50. The highest BCUT2D eigenvalue weighted by atomic mass is 79.9. The molecule has 21 heavy (non-hydrogen) atoms. The van der Waals surface area contributed by atoms with E-state index in [1.165, 1.54) is 0 Å². The standard InChI is InChI=1S/C15H23BrN2O2S/c1-3-13-7-5-4-6-8-18(13)21(19,20)15-10-12(16)9-14(17)11(15)2/h9-10,13H,3-8,17H2,1-2H3. The minimum Gasteiger partial charge on any atom is -0.398 e. The third-order valence-corrected chi connectivity index (χ3v) is 6.78. The Morgan fingerprint density at radius 1 is 1.33 bits per heavy atom. The van der Waals surface area contributed by atoms with E-state index in [1.807, 2.05) is 0 Å². The van der Waals surface area contributed by atoms with Gasteiger partial charge in [-0.2, -0.15) is 4.31 Å². The number of hydrogen-bond acceptors (Lipinski definition) is 3. The normalized spacial score (nSPS) is 21.2. The predicted octanol–water partition coefficient (Wildman–Crippen LogP) is 3.68. The van der Waals surface area contributed by atoms with Crippen molar-refractivity contribution in [3.8, 4) is 0 Å². The molecule has 1 heterocycles. The molecule has 0 radical (unpaired) electrons. The largest absolute Gasteiger partial charge is 0.398 e. The fraction of sp³-hybridized carbons (Fsp3) is 0.600. The summed E-state index contributed by atoms with van der Waals surface area (Å²) in [6.45, 7) is 4.43. The van der Waals surface area contributed by atoms with E-state index in [4.69, 9.17) is 5.73 Å². The van der Waals surface area contributed by atoms with Crippen molar-refractivity contribution in [2.75, 3.05) is 12.3 Å². The molecule has 2 rings (SSSR count).